The number of terminal acetylenes is 1. The molecule has 0 N–H and O–H groups in total. The minimum Gasteiger partial charge on any atom is -0.465 e. The minimum absolute atomic E-state index is 0.0305. The third-order valence-corrected chi connectivity index (χ3v) is 3.13. The van der Waals surface area contributed by atoms with Crippen molar-refractivity contribution in [3.63, 3.8) is 0 Å². The van der Waals surface area contributed by atoms with Gasteiger partial charge in [-0.05, 0) is 32.6 Å². The zero-order valence-corrected chi connectivity index (χ0v) is 9.75. The number of unbranched alkanes of at least 4 members (excludes halogenated alkanes) is 1. The van der Waals surface area contributed by atoms with Gasteiger partial charge in [0.25, 0.3) is 0 Å². The van der Waals surface area contributed by atoms with Gasteiger partial charge in [-0.3, -0.25) is 9.59 Å². The van der Waals surface area contributed by atoms with Crippen LogP contribution in [0.2, 0.25) is 0 Å². The van der Waals surface area contributed by atoms with E-state index in [0.717, 1.165) is 6.42 Å². The largest absolute Gasteiger partial charge is 0.465 e. The summed E-state index contributed by atoms with van der Waals surface area (Å²) in [4.78, 5) is 23.7. The molecule has 3 heteroatoms. The lowest BCUT2D eigenvalue weighted by Gasteiger charge is -2.24. The van der Waals surface area contributed by atoms with Gasteiger partial charge in [-0.15, -0.1) is 12.3 Å². The first kappa shape index (κ1) is 12.8. The van der Waals surface area contributed by atoms with Crippen LogP contribution in [0.15, 0.2) is 0 Å². The third kappa shape index (κ3) is 2.44. The predicted octanol–water partition coefficient (Wildman–Crippen LogP) is 2.09. The second-order valence-electron chi connectivity index (χ2n) is 4.14. The highest BCUT2D eigenvalue weighted by atomic mass is 16.5. The van der Waals surface area contributed by atoms with Crippen molar-refractivity contribution in [2.45, 2.75) is 45.4 Å². The smallest absolute Gasteiger partial charge is 0.319 e. The zero-order valence-electron chi connectivity index (χ0n) is 9.75. The summed E-state index contributed by atoms with van der Waals surface area (Å²) in [6, 6.07) is 0. The average molecular weight is 222 g/mol. The van der Waals surface area contributed by atoms with Crippen molar-refractivity contribution in [1.29, 1.82) is 0 Å². The lowest BCUT2D eigenvalue weighted by atomic mass is 9.80. The van der Waals surface area contributed by atoms with Gasteiger partial charge in [0.1, 0.15) is 11.2 Å². The van der Waals surface area contributed by atoms with Crippen LogP contribution in [0.5, 0.6) is 0 Å². The zero-order chi connectivity index (χ0) is 12.0. The van der Waals surface area contributed by atoms with Crippen molar-refractivity contribution >= 4 is 11.8 Å². The lowest BCUT2D eigenvalue weighted by Crippen LogP contribution is -2.36. The number of ether oxygens (including phenoxy) is 1. The third-order valence-electron chi connectivity index (χ3n) is 3.13. The van der Waals surface area contributed by atoms with Gasteiger partial charge in [0, 0.05) is 12.8 Å². The molecule has 0 spiro atoms. The summed E-state index contributed by atoms with van der Waals surface area (Å²) >= 11 is 0. The molecule has 1 atom stereocenters. The molecule has 1 aliphatic carbocycles. The Morgan fingerprint density at radius 3 is 2.88 bits per heavy atom. The van der Waals surface area contributed by atoms with Gasteiger partial charge in [-0.1, -0.05) is 0 Å². The van der Waals surface area contributed by atoms with Gasteiger partial charge in [0.2, 0.25) is 0 Å². The average Bonchev–Trinajstić information content (AvgIpc) is 2.62. The molecule has 3 nitrogen and oxygen atoms in total. The molecule has 1 unspecified atom stereocenters. The Morgan fingerprint density at radius 1 is 1.62 bits per heavy atom. The van der Waals surface area contributed by atoms with Crippen molar-refractivity contribution in [3.8, 4) is 12.3 Å². The first-order valence-electron chi connectivity index (χ1n) is 5.81. The lowest BCUT2D eigenvalue weighted by molar-refractivity contribution is -0.159. The molecule has 0 amide bonds. The molecule has 1 fully saturated rings. The Hall–Kier alpha value is -1.30. The van der Waals surface area contributed by atoms with Crippen molar-refractivity contribution in [1.82, 2.24) is 0 Å². The number of ketones is 1. The summed E-state index contributed by atoms with van der Waals surface area (Å²) in [6.45, 7) is 2.08. The number of hydrogen-bond acceptors (Lipinski definition) is 3. The minimum atomic E-state index is -0.882. The molecule has 1 rings (SSSR count). The molecular formula is C13H18O3. The van der Waals surface area contributed by atoms with Crippen LogP contribution < -0.4 is 0 Å². The molecule has 1 aliphatic rings. The summed E-state index contributed by atoms with van der Waals surface area (Å²) in [5.74, 6) is 2.21. The number of Topliss-reactive ketones (excluding diaryl/α,β-unsaturated/α-hetero) is 1. The van der Waals surface area contributed by atoms with Crippen LogP contribution in [-0.4, -0.2) is 18.4 Å². The number of rotatable bonds is 5. The highest BCUT2D eigenvalue weighted by Gasteiger charge is 2.48. The Kier molecular flexibility index (Phi) is 4.54. The molecule has 0 aromatic rings. The normalized spacial score (nSPS) is 24.1. The van der Waals surface area contributed by atoms with Crippen molar-refractivity contribution in [2.24, 2.45) is 5.41 Å². The molecule has 0 radical (unpaired) electrons. The van der Waals surface area contributed by atoms with Gasteiger partial charge in [0.05, 0.1) is 6.61 Å². The fraction of sp³-hybridized carbons (Fsp3) is 0.692. The Labute approximate surface area is 96.5 Å². The first-order valence-corrected chi connectivity index (χ1v) is 5.81. The molecule has 0 aromatic heterocycles. The van der Waals surface area contributed by atoms with Crippen molar-refractivity contribution in [2.75, 3.05) is 6.61 Å². The van der Waals surface area contributed by atoms with Gasteiger partial charge in [0.15, 0.2) is 0 Å². The predicted molar refractivity (Wildman–Crippen MR) is 60.6 cm³/mol. The molecule has 0 heterocycles. The van der Waals surface area contributed by atoms with E-state index < -0.39 is 5.41 Å². The van der Waals surface area contributed by atoms with Crippen LogP contribution in [-0.2, 0) is 14.3 Å². The number of esters is 1. The summed E-state index contributed by atoms with van der Waals surface area (Å²) in [5.41, 5.74) is -0.882. The van der Waals surface area contributed by atoms with Gasteiger partial charge < -0.3 is 4.74 Å². The molecule has 0 aromatic carbocycles. The van der Waals surface area contributed by atoms with E-state index >= 15 is 0 Å². The van der Waals surface area contributed by atoms with Crippen LogP contribution in [0.25, 0.3) is 0 Å². The maximum Gasteiger partial charge on any atom is 0.319 e. The Bertz CT molecular complexity index is 314. The van der Waals surface area contributed by atoms with Gasteiger partial charge in [-0.25, -0.2) is 0 Å². The highest BCUT2D eigenvalue weighted by Crippen LogP contribution is 2.40. The van der Waals surface area contributed by atoms with Crippen LogP contribution in [0, 0.1) is 17.8 Å². The summed E-state index contributed by atoms with van der Waals surface area (Å²) < 4.78 is 5.02. The van der Waals surface area contributed by atoms with E-state index in [0.29, 0.717) is 38.7 Å². The summed E-state index contributed by atoms with van der Waals surface area (Å²) in [5, 5.41) is 0. The quantitative estimate of drug-likeness (QED) is 0.309. The molecule has 1 saturated carbocycles. The Balaban J connectivity index is 2.73. The van der Waals surface area contributed by atoms with E-state index in [1.54, 1.807) is 6.92 Å². The van der Waals surface area contributed by atoms with Crippen LogP contribution >= 0.6 is 0 Å². The SMILES string of the molecule is C#CCCCC1(C(=O)OCC)CCCC1=O. The maximum atomic E-state index is 11.9. The van der Waals surface area contributed by atoms with E-state index in [9.17, 15) is 9.59 Å². The van der Waals surface area contributed by atoms with Crippen molar-refractivity contribution < 1.29 is 14.3 Å². The van der Waals surface area contributed by atoms with E-state index in [-0.39, 0.29) is 11.8 Å². The Morgan fingerprint density at radius 2 is 2.38 bits per heavy atom. The van der Waals surface area contributed by atoms with Gasteiger partial charge in [-0.2, -0.15) is 0 Å². The monoisotopic (exact) mass is 222 g/mol. The second kappa shape index (κ2) is 5.69. The highest BCUT2D eigenvalue weighted by molar-refractivity contribution is 6.05. The number of carbonyl (C=O) groups is 2. The molecule has 88 valence electrons. The van der Waals surface area contributed by atoms with Crippen LogP contribution in [0.1, 0.15) is 45.4 Å². The molecule has 0 aliphatic heterocycles. The summed E-state index contributed by atoms with van der Waals surface area (Å²) in [6.07, 6.45) is 8.93. The van der Waals surface area contributed by atoms with E-state index in [1.165, 1.54) is 0 Å². The second-order valence-corrected chi connectivity index (χ2v) is 4.14. The van der Waals surface area contributed by atoms with E-state index in [2.05, 4.69) is 5.92 Å². The molecule has 16 heavy (non-hydrogen) atoms. The van der Waals surface area contributed by atoms with Crippen LogP contribution in [0.4, 0.5) is 0 Å². The summed E-state index contributed by atoms with van der Waals surface area (Å²) in [7, 11) is 0. The standard InChI is InChI=1S/C13H18O3/c1-3-5-6-9-13(12(15)16-4-2)10-7-8-11(13)14/h1H,4-10H2,2H3. The molecular weight excluding hydrogens is 204 g/mol. The van der Waals surface area contributed by atoms with Crippen LogP contribution in [0.3, 0.4) is 0 Å². The van der Waals surface area contributed by atoms with E-state index in [1.807, 2.05) is 0 Å². The molecule has 0 bridgehead atoms. The van der Waals surface area contributed by atoms with Crippen molar-refractivity contribution in [3.05, 3.63) is 0 Å². The number of hydrogen-bond donors (Lipinski definition) is 0. The van der Waals surface area contributed by atoms with E-state index in [4.69, 9.17) is 11.2 Å². The topological polar surface area (TPSA) is 43.4 Å². The van der Waals surface area contributed by atoms with Gasteiger partial charge >= 0.3 is 5.97 Å². The number of carbonyl (C=O) groups excluding carboxylic acids is 2. The fourth-order valence-corrected chi connectivity index (χ4v) is 2.27. The maximum absolute atomic E-state index is 11.9. The first-order chi connectivity index (χ1) is 7.67. The molecule has 0 saturated heterocycles. The fourth-order valence-electron chi connectivity index (χ4n) is 2.27.